The molecule has 2 aliphatic heterocycles. The van der Waals surface area contributed by atoms with Gasteiger partial charge in [-0.1, -0.05) is 18.2 Å². The van der Waals surface area contributed by atoms with Crippen LogP contribution in [-0.2, 0) is 19.1 Å². The number of hydrogen-bond donors (Lipinski definition) is 1. The van der Waals surface area contributed by atoms with E-state index in [1.165, 1.54) is 12.0 Å². The lowest BCUT2D eigenvalue weighted by Gasteiger charge is -2.28. The maximum atomic E-state index is 12.9. The quantitative estimate of drug-likeness (QED) is 0.644. The van der Waals surface area contributed by atoms with E-state index in [0.29, 0.717) is 5.75 Å². The number of fused-ring (bicyclic) bond motifs is 1. The second kappa shape index (κ2) is 6.15. The Morgan fingerprint density at radius 1 is 1.24 bits per heavy atom. The van der Waals surface area contributed by atoms with Gasteiger partial charge in [-0.15, -0.1) is 0 Å². The molecule has 2 aliphatic rings. The summed E-state index contributed by atoms with van der Waals surface area (Å²) in [6.45, 7) is 3.65. The minimum Gasteiger partial charge on any atom is -0.496 e. The van der Waals surface area contributed by atoms with E-state index in [2.05, 4.69) is 5.32 Å². The summed E-state index contributed by atoms with van der Waals surface area (Å²) in [7, 11) is 2.82. The Labute approximate surface area is 146 Å². The molecule has 0 unspecified atom stereocenters. The van der Waals surface area contributed by atoms with Crippen molar-refractivity contribution in [3.8, 4) is 5.75 Å². The maximum absolute atomic E-state index is 12.9. The zero-order chi connectivity index (χ0) is 18.4. The van der Waals surface area contributed by atoms with Gasteiger partial charge in [-0.2, -0.15) is 0 Å². The van der Waals surface area contributed by atoms with E-state index >= 15 is 0 Å². The first kappa shape index (κ1) is 17.4. The lowest BCUT2D eigenvalue weighted by Crippen LogP contribution is -2.53. The van der Waals surface area contributed by atoms with Crippen molar-refractivity contribution >= 4 is 17.8 Å². The fourth-order valence-electron chi connectivity index (χ4n) is 4.10. The van der Waals surface area contributed by atoms with Crippen LogP contribution in [0.5, 0.6) is 5.75 Å². The predicted molar refractivity (Wildman–Crippen MR) is 88.7 cm³/mol. The van der Waals surface area contributed by atoms with Gasteiger partial charge in [0.15, 0.2) is 0 Å². The highest BCUT2D eigenvalue weighted by Crippen LogP contribution is 2.50. The minimum atomic E-state index is -1.28. The predicted octanol–water partition coefficient (Wildman–Crippen LogP) is 0.892. The van der Waals surface area contributed by atoms with Crippen molar-refractivity contribution in [2.24, 2.45) is 11.8 Å². The highest BCUT2D eigenvalue weighted by atomic mass is 16.5. The first-order valence-electron chi connectivity index (χ1n) is 8.25. The van der Waals surface area contributed by atoms with Crippen molar-refractivity contribution in [2.45, 2.75) is 25.4 Å². The average molecular weight is 346 g/mol. The molecule has 0 aromatic heterocycles. The largest absolute Gasteiger partial charge is 0.496 e. The van der Waals surface area contributed by atoms with E-state index in [0.717, 1.165) is 5.56 Å². The van der Waals surface area contributed by atoms with Gasteiger partial charge in [0.25, 0.3) is 0 Å². The fraction of sp³-hybridized carbons (Fsp3) is 0.500. The SMILES string of the molecule is CCN1C(=O)[C@@H]2[C@@H](c3ccccc3OC)N[C@@](C)(C(=O)OC)[C@@H]2C1=O. The van der Waals surface area contributed by atoms with Crippen molar-refractivity contribution < 1.29 is 23.9 Å². The maximum Gasteiger partial charge on any atom is 0.326 e. The number of carbonyl (C=O) groups is 3. The molecule has 0 spiro atoms. The number of carbonyl (C=O) groups excluding carboxylic acids is 3. The van der Waals surface area contributed by atoms with Crippen molar-refractivity contribution in [2.75, 3.05) is 20.8 Å². The molecule has 1 aromatic carbocycles. The van der Waals surface area contributed by atoms with Crippen molar-refractivity contribution in [1.29, 1.82) is 0 Å². The lowest BCUT2D eigenvalue weighted by atomic mass is 9.80. The lowest BCUT2D eigenvalue weighted by molar-refractivity contribution is -0.153. The molecule has 2 saturated heterocycles. The second-order valence-electron chi connectivity index (χ2n) is 6.48. The van der Waals surface area contributed by atoms with E-state index in [1.807, 2.05) is 18.2 Å². The van der Waals surface area contributed by atoms with Crippen molar-refractivity contribution in [3.63, 3.8) is 0 Å². The van der Waals surface area contributed by atoms with E-state index in [9.17, 15) is 14.4 Å². The number of nitrogens with one attached hydrogen (secondary N) is 1. The highest BCUT2D eigenvalue weighted by Gasteiger charge is 2.66. The molecule has 0 radical (unpaired) electrons. The van der Waals surface area contributed by atoms with Crippen LogP contribution in [0.1, 0.15) is 25.5 Å². The van der Waals surface area contributed by atoms with Crippen LogP contribution in [0.4, 0.5) is 0 Å². The molecular formula is C18H22N2O5. The Morgan fingerprint density at radius 2 is 1.92 bits per heavy atom. The van der Waals surface area contributed by atoms with Crippen LogP contribution in [0, 0.1) is 11.8 Å². The summed E-state index contributed by atoms with van der Waals surface area (Å²) < 4.78 is 10.3. The van der Waals surface area contributed by atoms with E-state index in [4.69, 9.17) is 9.47 Å². The summed E-state index contributed by atoms with van der Waals surface area (Å²) in [5, 5.41) is 3.19. The molecule has 0 aliphatic carbocycles. The summed E-state index contributed by atoms with van der Waals surface area (Å²) in [4.78, 5) is 39.4. The molecular weight excluding hydrogens is 324 g/mol. The van der Waals surface area contributed by atoms with E-state index < -0.39 is 29.4 Å². The Bertz CT molecular complexity index is 734. The third kappa shape index (κ3) is 2.33. The molecule has 3 rings (SSSR count). The number of esters is 1. The topological polar surface area (TPSA) is 84.9 Å². The van der Waals surface area contributed by atoms with E-state index in [-0.39, 0.29) is 18.4 Å². The van der Waals surface area contributed by atoms with Crippen molar-refractivity contribution in [1.82, 2.24) is 10.2 Å². The Hall–Kier alpha value is -2.41. The molecule has 4 atom stereocenters. The molecule has 7 nitrogen and oxygen atoms in total. The molecule has 1 aromatic rings. The van der Waals surface area contributed by atoms with Crippen molar-refractivity contribution in [3.05, 3.63) is 29.8 Å². The van der Waals surface area contributed by atoms with Crippen LogP contribution in [-0.4, -0.2) is 49.0 Å². The van der Waals surface area contributed by atoms with Crippen LogP contribution < -0.4 is 10.1 Å². The number of imide groups is 1. The molecule has 0 bridgehead atoms. The van der Waals surface area contributed by atoms with Gasteiger partial charge in [-0.05, 0) is 19.9 Å². The van der Waals surface area contributed by atoms with Gasteiger partial charge in [-0.25, -0.2) is 0 Å². The third-order valence-electron chi connectivity index (χ3n) is 5.28. The third-order valence-corrected chi connectivity index (χ3v) is 5.28. The van der Waals surface area contributed by atoms with Gasteiger partial charge in [0, 0.05) is 18.2 Å². The van der Waals surface area contributed by atoms with Gasteiger partial charge in [0.1, 0.15) is 11.3 Å². The zero-order valence-corrected chi connectivity index (χ0v) is 14.7. The molecule has 2 fully saturated rings. The summed E-state index contributed by atoms with van der Waals surface area (Å²) in [6.07, 6.45) is 0. The monoisotopic (exact) mass is 346 g/mol. The molecule has 25 heavy (non-hydrogen) atoms. The van der Waals surface area contributed by atoms with Crippen LogP contribution in [0.2, 0.25) is 0 Å². The smallest absolute Gasteiger partial charge is 0.326 e. The van der Waals surface area contributed by atoms with Gasteiger partial charge < -0.3 is 9.47 Å². The first-order chi connectivity index (χ1) is 11.9. The summed E-state index contributed by atoms with van der Waals surface area (Å²) in [6, 6.07) is 6.77. The van der Waals surface area contributed by atoms with Crippen LogP contribution in [0.3, 0.4) is 0 Å². The van der Waals surface area contributed by atoms with Crippen LogP contribution in [0.25, 0.3) is 0 Å². The highest BCUT2D eigenvalue weighted by molar-refractivity contribution is 6.09. The molecule has 134 valence electrons. The number of para-hydroxylation sites is 1. The standard InChI is InChI=1S/C18H22N2O5/c1-5-20-15(21)12-13(16(20)22)18(2,17(23)25-4)19-14(12)10-8-6-7-9-11(10)24-3/h6-9,12-14,19H,5H2,1-4H3/t12-,13-,14+,18+/m0/s1. The van der Waals surface area contributed by atoms with Gasteiger partial charge in [0.05, 0.1) is 26.1 Å². The number of hydrogen-bond acceptors (Lipinski definition) is 6. The number of rotatable bonds is 4. The number of amides is 2. The van der Waals surface area contributed by atoms with Gasteiger partial charge >= 0.3 is 5.97 Å². The normalized spacial score (nSPS) is 31.2. The molecule has 0 saturated carbocycles. The summed E-state index contributed by atoms with van der Waals surface area (Å²) in [5.41, 5.74) is -0.534. The Kier molecular flexibility index (Phi) is 4.28. The number of nitrogens with zero attached hydrogens (tertiary/aromatic N) is 1. The van der Waals surface area contributed by atoms with Crippen LogP contribution >= 0.6 is 0 Å². The zero-order valence-electron chi connectivity index (χ0n) is 14.7. The molecule has 2 heterocycles. The average Bonchev–Trinajstić information content (AvgIpc) is 3.08. The van der Waals surface area contributed by atoms with Gasteiger partial charge in [0.2, 0.25) is 11.8 Å². The Morgan fingerprint density at radius 3 is 2.52 bits per heavy atom. The fourth-order valence-corrected chi connectivity index (χ4v) is 4.10. The first-order valence-corrected chi connectivity index (χ1v) is 8.25. The van der Waals surface area contributed by atoms with Gasteiger partial charge in [-0.3, -0.25) is 24.6 Å². The molecule has 1 N–H and O–H groups in total. The summed E-state index contributed by atoms with van der Waals surface area (Å²) >= 11 is 0. The van der Waals surface area contributed by atoms with Crippen LogP contribution in [0.15, 0.2) is 24.3 Å². The molecule has 2 amide bonds. The second-order valence-corrected chi connectivity index (χ2v) is 6.48. The number of benzene rings is 1. The minimum absolute atomic E-state index is 0.270. The van der Waals surface area contributed by atoms with E-state index in [1.54, 1.807) is 27.0 Å². The Balaban J connectivity index is 2.14. The summed E-state index contributed by atoms with van der Waals surface area (Å²) in [5.74, 6) is -2.04. The number of likely N-dealkylation sites (tertiary alicyclic amines) is 1. The molecule has 7 heteroatoms. The number of ether oxygens (including phenoxy) is 2. The number of methoxy groups -OCH3 is 2.